The minimum absolute atomic E-state index is 0.263. The predicted molar refractivity (Wildman–Crippen MR) is 74.5 cm³/mol. The Morgan fingerprint density at radius 3 is 2.82 bits per heavy atom. The predicted octanol–water partition coefficient (Wildman–Crippen LogP) is 1.58. The molecule has 5 heteroatoms. The molecule has 0 aliphatic rings. The maximum absolute atomic E-state index is 5.58. The van der Waals surface area contributed by atoms with Crippen LogP contribution in [0, 0.1) is 0 Å². The van der Waals surface area contributed by atoms with Crippen molar-refractivity contribution in [1.29, 1.82) is 0 Å². The molecule has 1 aromatic heterocycles. The van der Waals surface area contributed by atoms with Crippen molar-refractivity contribution in [2.75, 3.05) is 25.2 Å². The molecule has 0 spiro atoms. The van der Waals surface area contributed by atoms with Crippen LogP contribution in [0.3, 0.4) is 0 Å². The van der Waals surface area contributed by atoms with Gasteiger partial charge in [0.25, 0.3) is 0 Å². The summed E-state index contributed by atoms with van der Waals surface area (Å²) >= 11 is 4.93. The fraction of sp³-hybridized carbons (Fsp3) is 0.500. The van der Waals surface area contributed by atoms with Gasteiger partial charge in [0.2, 0.25) is 0 Å². The number of rotatable bonds is 6. The van der Waals surface area contributed by atoms with E-state index in [9.17, 15) is 0 Å². The summed E-state index contributed by atoms with van der Waals surface area (Å²) in [5.41, 5.74) is 6.24. The SMILES string of the molecule is CCN(c1cccc(C(N)=S)n1)C(C)COC. The van der Waals surface area contributed by atoms with E-state index in [1.807, 2.05) is 18.2 Å². The number of anilines is 1. The van der Waals surface area contributed by atoms with Crippen LogP contribution >= 0.6 is 12.2 Å². The molecule has 94 valence electrons. The van der Waals surface area contributed by atoms with Gasteiger partial charge in [0, 0.05) is 13.7 Å². The summed E-state index contributed by atoms with van der Waals surface area (Å²) in [5, 5.41) is 0. The van der Waals surface area contributed by atoms with Crippen LogP contribution in [0.4, 0.5) is 5.82 Å². The number of methoxy groups -OCH3 is 1. The molecule has 0 bridgehead atoms. The van der Waals surface area contributed by atoms with E-state index in [2.05, 4.69) is 23.7 Å². The molecule has 1 aromatic rings. The van der Waals surface area contributed by atoms with Crippen molar-refractivity contribution in [3.05, 3.63) is 23.9 Å². The second kappa shape index (κ2) is 6.51. The van der Waals surface area contributed by atoms with Crippen molar-refractivity contribution >= 4 is 23.0 Å². The van der Waals surface area contributed by atoms with Crippen LogP contribution < -0.4 is 10.6 Å². The Balaban J connectivity index is 2.95. The molecule has 0 saturated heterocycles. The van der Waals surface area contributed by atoms with Gasteiger partial charge in [0.15, 0.2) is 0 Å². The third kappa shape index (κ3) is 3.64. The van der Waals surface area contributed by atoms with Gasteiger partial charge in [-0.15, -0.1) is 0 Å². The number of pyridine rings is 1. The van der Waals surface area contributed by atoms with E-state index in [4.69, 9.17) is 22.7 Å². The Bertz CT molecular complexity index is 384. The van der Waals surface area contributed by atoms with Gasteiger partial charge in [-0.05, 0) is 26.0 Å². The number of nitrogens with two attached hydrogens (primary N) is 1. The zero-order chi connectivity index (χ0) is 12.8. The highest BCUT2D eigenvalue weighted by Crippen LogP contribution is 2.14. The fourth-order valence-corrected chi connectivity index (χ4v) is 1.86. The van der Waals surface area contributed by atoms with Gasteiger partial charge >= 0.3 is 0 Å². The molecule has 1 atom stereocenters. The molecule has 1 unspecified atom stereocenters. The largest absolute Gasteiger partial charge is 0.388 e. The molecule has 0 saturated carbocycles. The van der Waals surface area contributed by atoms with Crippen LogP contribution in [0.1, 0.15) is 19.5 Å². The molecule has 0 radical (unpaired) electrons. The summed E-state index contributed by atoms with van der Waals surface area (Å²) in [7, 11) is 1.70. The molecule has 0 aliphatic carbocycles. The highest BCUT2D eigenvalue weighted by Gasteiger charge is 2.14. The lowest BCUT2D eigenvalue weighted by atomic mass is 10.2. The van der Waals surface area contributed by atoms with Gasteiger partial charge in [-0.2, -0.15) is 0 Å². The normalized spacial score (nSPS) is 12.2. The summed E-state index contributed by atoms with van der Waals surface area (Å²) in [6.45, 7) is 5.70. The van der Waals surface area contributed by atoms with Gasteiger partial charge in [-0.25, -0.2) is 4.98 Å². The molecule has 1 rings (SSSR count). The van der Waals surface area contributed by atoms with E-state index in [0.29, 0.717) is 17.3 Å². The Hall–Kier alpha value is -1.20. The van der Waals surface area contributed by atoms with E-state index in [1.165, 1.54) is 0 Å². The second-order valence-electron chi connectivity index (χ2n) is 3.84. The van der Waals surface area contributed by atoms with Crippen molar-refractivity contribution in [3.63, 3.8) is 0 Å². The number of aromatic nitrogens is 1. The van der Waals surface area contributed by atoms with Crippen molar-refractivity contribution in [2.24, 2.45) is 5.73 Å². The molecule has 4 nitrogen and oxygen atoms in total. The maximum atomic E-state index is 5.58. The monoisotopic (exact) mass is 253 g/mol. The summed E-state index contributed by atoms with van der Waals surface area (Å²) < 4.78 is 5.17. The summed E-state index contributed by atoms with van der Waals surface area (Å²) in [6.07, 6.45) is 0. The zero-order valence-corrected chi connectivity index (χ0v) is 11.3. The Morgan fingerprint density at radius 1 is 1.59 bits per heavy atom. The minimum Gasteiger partial charge on any atom is -0.388 e. The first-order valence-electron chi connectivity index (χ1n) is 5.62. The molecular weight excluding hydrogens is 234 g/mol. The minimum atomic E-state index is 0.263. The van der Waals surface area contributed by atoms with E-state index in [-0.39, 0.29) is 6.04 Å². The van der Waals surface area contributed by atoms with Crippen LogP contribution in [-0.4, -0.2) is 36.3 Å². The van der Waals surface area contributed by atoms with Crippen molar-refractivity contribution < 1.29 is 4.74 Å². The fourth-order valence-electron chi connectivity index (χ4n) is 1.75. The standard InChI is InChI=1S/C12H19N3OS/c1-4-15(9(2)8-16-3)11-7-5-6-10(14-11)12(13)17/h5-7,9H,4,8H2,1-3H3,(H2,13,17). The number of likely N-dealkylation sites (N-methyl/N-ethyl adjacent to an activating group) is 1. The first-order chi connectivity index (χ1) is 8.10. The van der Waals surface area contributed by atoms with Crippen molar-refractivity contribution in [2.45, 2.75) is 19.9 Å². The van der Waals surface area contributed by atoms with Crippen LogP contribution in [-0.2, 0) is 4.74 Å². The third-order valence-corrected chi connectivity index (χ3v) is 2.77. The molecular formula is C12H19N3OS. The average molecular weight is 253 g/mol. The van der Waals surface area contributed by atoms with Crippen LogP contribution in [0.2, 0.25) is 0 Å². The molecule has 0 fully saturated rings. The molecule has 2 N–H and O–H groups in total. The van der Waals surface area contributed by atoms with E-state index >= 15 is 0 Å². The highest BCUT2D eigenvalue weighted by atomic mass is 32.1. The van der Waals surface area contributed by atoms with Gasteiger partial charge < -0.3 is 15.4 Å². The van der Waals surface area contributed by atoms with Crippen LogP contribution in [0.25, 0.3) is 0 Å². The number of thiocarbonyl (C=S) groups is 1. The number of ether oxygens (including phenoxy) is 1. The Morgan fingerprint density at radius 2 is 2.29 bits per heavy atom. The van der Waals surface area contributed by atoms with Gasteiger partial charge in [0.05, 0.1) is 18.3 Å². The van der Waals surface area contributed by atoms with E-state index < -0.39 is 0 Å². The summed E-state index contributed by atoms with van der Waals surface area (Å²) in [6, 6.07) is 5.95. The lowest BCUT2D eigenvalue weighted by Crippen LogP contribution is -2.37. The molecule has 17 heavy (non-hydrogen) atoms. The lowest BCUT2D eigenvalue weighted by Gasteiger charge is -2.28. The van der Waals surface area contributed by atoms with Crippen LogP contribution in [0.5, 0.6) is 0 Å². The average Bonchev–Trinajstić information content (AvgIpc) is 2.30. The number of nitrogens with zero attached hydrogens (tertiary/aromatic N) is 2. The number of hydrogen-bond donors (Lipinski definition) is 1. The van der Waals surface area contributed by atoms with E-state index in [0.717, 1.165) is 12.4 Å². The van der Waals surface area contributed by atoms with Gasteiger partial charge in [-0.3, -0.25) is 0 Å². The first kappa shape index (κ1) is 13.9. The summed E-state index contributed by atoms with van der Waals surface area (Å²) in [5.74, 6) is 0.877. The topological polar surface area (TPSA) is 51.4 Å². The summed E-state index contributed by atoms with van der Waals surface area (Å²) in [4.78, 5) is 6.93. The molecule has 0 aliphatic heterocycles. The van der Waals surface area contributed by atoms with E-state index in [1.54, 1.807) is 7.11 Å². The Kier molecular flexibility index (Phi) is 5.31. The quantitative estimate of drug-likeness (QED) is 0.780. The Labute approximate surface area is 108 Å². The van der Waals surface area contributed by atoms with Crippen molar-refractivity contribution in [1.82, 2.24) is 4.98 Å². The first-order valence-corrected chi connectivity index (χ1v) is 6.03. The van der Waals surface area contributed by atoms with Gasteiger partial charge in [0.1, 0.15) is 10.8 Å². The zero-order valence-electron chi connectivity index (χ0n) is 10.5. The molecule has 1 heterocycles. The highest BCUT2D eigenvalue weighted by molar-refractivity contribution is 7.80. The second-order valence-corrected chi connectivity index (χ2v) is 4.28. The lowest BCUT2D eigenvalue weighted by molar-refractivity contribution is 0.181. The third-order valence-electron chi connectivity index (χ3n) is 2.56. The number of hydrogen-bond acceptors (Lipinski definition) is 4. The van der Waals surface area contributed by atoms with Crippen LogP contribution in [0.15, 0.2) is 18.2 Å². The van der Waals surface area contributed by atoms with Crippen molar-refractivity contribution in [3.8, 4) is 0 Å². The smallest absolute Gasteiger partial charge is 0.129 e. The maximum Gasteiger partial charge on any atom is 0.129 e. The molecule has 0 aromatic carbocycles. The van der Waals surface area contributed by atoms with Gasteiger partial charge in [-0.1, -0.05) is 18.3 Å². The molecule has 0 amide bonds.